The van der Waals surface area contributed by atoms with Crippen molar-refractivity contribution in [2.24, 2.45) is 0 Å². The molecule has 0 N–H and O–H groups in total. The smallest absolute Gasteiger partial charge is 0.271 e. The first-order valence-corrected chi connectivity index (χ1v) is 11.7. The number of halogens is 2. The van der Waals surface area contributed by atoms with Crippen LogP contribution in [0.25, 0.3) is 20.3 Å². The van der Waals surface area contributed by atoms with Crippen molar-refractivity contribution in [1.82, 2.24) is 4.98 Å². The number of fused-ring (bicyclic) bond motifs is 2. The fourth-order valence-electron chi connectivity index (χ4n) is 3.52. The zero-order valence-corrected chi connectivity index (χ0v) is 18.4. The first-order valence-electron chi connectivity index (χ1n) is 9.27. The van der Waals surface area contributed by atoms with E-state index < -0.39 is 0 Å². The molecule has 1 aliphatic heterocycles. The lowest BCUT2D eigenvalue weighted by Crippen LogP contribution is -2.37. The van der Waals surface area contributed by atoms with Gasteiger partial charge in [0.25, 0.3) is 5.91 Å². The van der Waals surface area contributed by atoms with E-state index in [1.165, 1.54) is 22.7 Å². The number of amides is 1. The van der Waals surface area contributed by atoms with Crippen molar-refractivity contribution in [2.45, 2.75) is 18.9 Å². The molecular weight excluding hydrogens is 447 g/mol. The fourth-order valence-corrected chi connectivity index (χ4v) is 6.23. The summed E-state index contributed by atoms with van der Waals surface area (Å²) in [6.45, 7) is 1.18. The third-order valence-corrected chi connectivity index (χ3v) is 7.89. The molecule has 2 aromatic heterocycles. The van der Waals surface area contributed by atoms with E-state index in [4.69, 9.17) is 32.9 Å². The Morgan fingerprint density at radius 3 is 2.83 bits per heavy atom. The molecule has 4 aromatic rings. The van der Waals surface area contributed by atoms with Crippen LogP contribution in [0.1, 0.15) is 22.5 Å². The Morgan fingerprint density at radius 1 is 1.17 bits per heavy atom. The van der Waals surface area contributed by atoms with Crippen LogP contribution in [0.4, 0.5) is 5.13 Å². The van der Waals surface area contributed by atoms with E-state index in [1.54, 1.807) is 4.90 Å². The molecule has 1 atom stereocenters. The number of rotatable bonds is 4. The maximum absolute atomic E-state index is 13.6. The summed E-state index contributed by atoms with van der Waals surface area (Å²) in [6.07, 6.45) is 1.94. The van der Waals surface area contributed by atoms with Crippen LogP contribution in [0.15, 0.2) is 42.5 Å². The van der Waals surface area contributed by atoms with Gasteiger partial charge in [-0.25, -0.2) is 4.98 Å². The van der Waals surface area contributed by atoms with Crippen LogP contribution in [0, 0.1) is 0 Å². The first kappa shape index (κ1) is 19.3. The van der Waals surface area contributed by atoms with Gasteiger partial charge < -0.3 is 4.74 Å². The number of carbonyl (C=O) groups excluding carboxylic acids is 1. The molecule has 5 rings (SSSR count). The highest BCUT2D eigenvalue weighted by atomic mass is 35.5. The number of aromatic nitrogens is 1. The average molecular weight is 463 g/mol. The second-order valence-electron chi connectivity index (χ2n) is 6.90. The number of hydrogen-bond acceptors (Lipinski definition) is 5. The van der Waals surface area contributed by atoms with E-state index in [-0.39, 0.29) is 12.0 Å². The highest BCUT2D eigenvalue weighted by Gasteiger charge is 2.29. The summed E-state index contributed by atoms with van der Waals surface area (Å²) < 4.78 is 7.74. The molecule has 1 aliphatic rings. The first-order chi connectivity index (χ1) is 14.1. The molecule has 1 saturated heterocycles. The fraction of sp³-hybridized carbons (Fsp3) is 0.238. The van der Waals surface area contributed by atoms with Crippen LogP contribution < -0.4 is 4.90 Å². The summed E-state index contributed by atoms with van der Waals surface area (Å²) in [7, 11) is 0. The van der Waals surface area contributed by atoms with E-state index in [0.29, 0.717) is 26.6 Å². The maximum Gasteiger partial charge on any atom is 0.271 e. The third-order valence-electron chi connectivity index (χ3n) is 4.95. The van der Waals surface area contributed by atoms with Crippen molar-refractivity contribution in [2.75, 3.05) is 18.1 Å². The predicted octanol–water partition coefficient (Wildman–Crippen LogP) is 6.64. The Labute approximate surface area is 185 Å². The van der Waals surface area contributed by atoms with Gasteiger partial charge in [-0.15, -0.1) is 11.3 Å². The molecule has 3 heterocycles. The third kappa shape index (κ3) is 3.64. The molecule has 1 amide bonds. The Morgan fingerprint density at radius 2 is 2.03 bits per heavy atom. The topological polar surface area (TPSA) is 42.4 Å². The molecule has 0 bridgehead atoms. The van der Waals surface area contributed by atoms with Crippen molar-refractivity contribution in [1.29, 1.82) is 0 Å². The molecule has 0 radical (unpaired) electrons. The highest BCUT2D eigenvalue weighted by molar-refractivity contribution is 7.23. The number of ether oxygens (including phenoxy) is 1. The van der Waals surface area contributed by atoms with Crippen molar-refractivity contribution in [3.8, 4) is 0 Å². The van der Waals surface area contributed by atoms with Crippen LogP contribution in [0.3, 0.4) is 0 Å². The van der Waals surface area contributed by atoms with Gasteiger partial charge in [0.1, 0.15) is 4.88 Å². The summed E-state index contributed by atoms with van der Waals surface area (Å²) in [4.78, 5) is 20.5. The molecule has 8 heteroatoms. The molecule has 1 unspecified atom stereocenters. The van der Waals surface area contributed by atoms with Gasteiger partial charge in [0, 0.05) is 21.7 Å². The van der Waals surface area contributed by atoms with Gasteiger partial charge in [-0.3, -0.25) is 9.69 Å². The Bertz CT molecular complexity index is 1210. The van der Waals surface area contributed by atoms with Crippen LogP contribution in [0.5, 0.6) is 0 Å². The number of nitrogens with zero attached hydrogens (tertiary/aromatic N) is 2. The Kier molecular flexibility index (Phi) is 5.22. The molecule has 1 fully saturated rings. The second-order valence-corrected chi connectivity index (χ2v) is 9.78. The number of anilines is 1. The van der Waals surface area contributed by atoms with E-state index in [2.05, 4.69) is 0 Å². The molecular formula is C21H16Cl2N2O2S2. The number of carbonyl (C=O) groups is 1. The van der Waals surface area contributed by atoms with Crippen molar-refractivity contribution < 1.29 is 9.53 Å². The molecule has 2 aromatic carbocycles. The normalized spacial score (nSPS) is 16.7. The summed E-state index contributed by atoms with van der Waals surface area (Å²) in [5.74, 6) is -0.142. The van der Waals surface area contributed by atoms with E-state index in [9.17, 15) is 4.79 Å². The Balaban J connectivity index is 1.58. The van der Waals surface area contributed by atoms with Crippen LogP contribution in [0.2, 0.25) is 10.0 Å². The monoisotopic (exact) mass is 462 g/mol. The maximum atomic E-state index is 13.6. The molecule has 0 spiro atoms. The number of hydrogen-bond donors (Lipinski definition) is 0. The average Bonchev–Trinajstić information content (AvgIpc) is 3.44. The molecule has 0 saturated carbocycles. The van der Waals surface area contributed by atoms with Crippen LogP contribution in [-0.2, 0) is 4.74 Å². The summed E-state index contributed by atoms with van der Waals surface area (Å²) >= 11 is 15.6. The van der Waals surface area contributed by atoms with E-state index in [0.717, 1.165) is 39.8 Å². The van der Waals surface area contributed by atoms with Crippen LogP contribution >= 0.6 is 45.9 Å². The minimum atomic E-state index is -0.142. The minimum absolute atomic E-state index is 0.00250. The van der Waals surface area contributed by atoms with E-state index >= 15 is 0 Å². The van der Waals surface area contributed by atoms with Gasteiger partial charge in [-0.05, 0) is 37.1 Å². The molecule has 148 valence electrons. The van der Waals surface area contributed by atoms with E-state index in [1.807, 2.05) is 42.5 Å². The largest absolute Gasteiger partial charge is 0.376 e. The van der Waals surface area contributed by atoms with Crippen molar-refractivity contribution >= 4 is 77.2 Å². The lowest BCUT2D eigenvalue weighted by Gasteiger charge is -2.22. The van der Waals surface area contributed by atoms with Crippen molar-refractivity contribution in [3.63, 3.8) is 0 Å². The van der Waals surface area contributed by atoms with Crippen molar-refractivity contribution in [3.05, 3.63) is 57.4 Å². The standard InChI is InChI=1S/C21H16Cl2N2O2S2/c22-12-7-8-15-17(10-12)29-21(24-15)25(11-13-4-3-9-27-13)20(26)19-18(23)14-5-1-2-6-16(14)28-19/h1-2,5-8,10,13H,3-4,9,11H2. The van der Waals surface area contributed by atoms with Gasteiger partial charge in [0.2, 0.25) is 0 Å². The SMILES string of the molecule is O=C(c1sc2ccccc2c1Cl)N(CC1CCCO1)c1nc2ccc(Cl)cc2s1. The lowest BCUT2D eigenvalue weighted by molar-refractivity contribution is 0.0921. The second kappa shape index (κ2) is 7.85. The number of thiophene rings is 1. The van der Waals surface area contributed by atoms with Gasteiger partial charge in [0.15, 0.2) is 5.13 Å². The highest BCUT2D eigenvalue weighted by Crippen LogP contribution is 2.38. The number of thiazole rings is 1. The lowest BCUT2D eigenvalue weighted by atomic mass is 10.2. The van der Waals surface area contributed by atoms with Gasteiger partial charge in [-0.2, -0.15) is 0 Å². The zero-order valence-electron chi connectivity index (χ0n) is 15.2. The van der Waals surface area contributed by atoms with Gasteiger partial charge in [0.05, 0.1) is 27.9 Å². The van der Waals surface area contributed by atoms with Gasteiger partial charge in [-0.1, -0.05) is 52.7 Å². The molecule has 29 heavy (non-hydrogen) atoms. The zero-order chi connectivity index (χ0) is 20.0. The predicted molar refractivity (Wildman–Crippen MR) is 122 cm³/mol. The summed E-state index contributed by atoms with van der Waals surface area (Å²) in [6, 6.07) is 13.4. The quantitative estimate of drug-likeness (QED) is 0.341. The Hall–Kier alpha value is -1.70. The molecule has 0 aliphatic carbocycles. The molecule has 4 nitrogen and oxygen atoms in total. The van der Waals surface area contributed by atoms with Crippen LogP contribution in [-0.4, -0.2) is 30.1 Å². The number of benzene rings is 2. The summed E-state index contributed by atoms with van der Waals surface area (Å²) in [5.41, 5.74) is 0.821. The minimum Gasteiger partial charge on any atom is -0.376 e. The summed E-state index contributed by atoms with van der Waals surface area (Å²) in [5, 5.41) is 2.68. The van der Waals surface area contributed by atoms with Gasteiger partial charge >= 0.3 is 0 Å².